The molecule has 6 nitrogen and oxygen atoms in total. The van der Waals surface area contributed by atoms with Gasteiger partial charge in [-0.1, -0.05) is 110 Å². The van der Waals surface area contributed by atoms with Crippen LogP contribution in [0, 0.1) is 9.81 Å². The summed E-state index contributed by atoms with van der Waals surface area (Å²) in [5, 5.41) is 0. The molecule has 0 aromatic carbocycles. The molecule has 6 aliphatic heterocycles. The van der Waals surface area contributed by atoms with Crippen LogP contribution in [0.1, 0.15) is 77.0 Å². The van der Waals surface area contributed by atoms with Gasteiger partial charge in [-0.25, -0.2) is 9.81 Å². The second-order valence-corrected chi connectivity index (χ2v) is 49.7. The summed E-state index contributed by atoms with van der Waals surface area (Å²) in [7, 11) is 5.23. The molecule has 0 amide bonds. The average molecular weight is 905 g/mol. The van der Waals surface area contributed by atoms with E-state index < -0.39 is 46.6 Å². The summed E-state index contributed by atoms with van der Waals surface area (Å²) in [4.78, 5) is 3.75. The number of hydrogen-bond acceptors (Lipinski definition) is 6. The van der Waals surface area contributed by atoms with E-state index in [-0.39, 0.29) is 37.7 Å². The van der Waals surface area contributed by atoms with Crippen molar-refractivity contribution in [2.45, 2.75) is 155 Å². The smallest absolute Gasteiger partial charge is 0.388 e. The molecule has 16 heteroatoms. The molecular weight excluding hydrogens is 810 g/mol. The molecule has 6 radical (unpaired) electrons. The first-order valence-corrected chi connectivity index (χ1v) is 41.3. The predicted molar refractivity (Wildman–Crippen MR) is 267 cm³/mol. The normalized spacial score (nSPS) is 19.6. The average Bonchev–Trinajstić information content (AvgIpc) is 3.96. The van der Waals surface area contributed by atoms with Crippen molar-refractivity contribution >= 4 is 61.7 Å². The van der Waals surface area contributed by atoms with Gasteiger partial charge in [-0.05, 0) is 104 Å². The van der Waals surface area contributed by atoms with Gasteiger partial charge < -0.3 is 57.8 Å². The molecule has 58 heavy (non-hydrogen) atoms. The van der Waals surface area contributed by atoms with Crippen molar-refractivity contribution < 1.29 is 66.1 Å². The van der Waals surface area contributed by atoms with Gasteiger partial charge in [0.1, 0.15) is 0 Å². The quantitative estimate of drug-likeness (QED) is 0.166. The summed E-state index contributed by atoms with van der Waals surface area (Å²) < 4.78 is 29.7. The Morgan fingerprint density at radius 1 is 0.345 bits per heavy atom. The molecule has 0 saturated carbocycles. The summed E-state index contributed by atoms with van der Waals surface area (Å²) in [5.41, 5.74) is 0. The first-order chi connectivity index (χ1) is 25.9. The molecule has 0 aromatic rings. The van der Waals surface area contributed by atoms with Crippen molar-refractivity contribution in [2.24, 2.45) is 0 Å². The van der Waals surface area contributed by atoms with E-state index in [0.29, 0.717) is 0 Å². The molecule has 6 heterocycles. The Kier molecular flexibility index (Phi) is 39.4. The van der Waals surface area contributed by atoms with Crippen molar-refractivity contribution in [1.29, 1.82) is 0 Å². The van der Waals surface area contributed by atoms with Crippen LogP contribution in [-0.4, -0.2) is 153 Å². The summed E-state index contributed by atoms with van der Waals surface area (Å²) in [6.45, 7) is 46.9. The Labute approximate surface area is 395 Å². The molecule has 0 atom stereocenters. The maximum atomic E-state index is 6.83. The van der Waals surface area contributed by atoms with Gasteiger partial charge in [-0.3, -0.25) is 0 Å². The third-order valence-corrected chi connectivity index (χ3v) is 44.5. The van der Waals surface area contributed by atoms with Crippen LogP contribution in [0.5, 0.6) is 0 Å². The maximum absolute atomic E-state index is 6.83. The van der Waals surface area contributed by atoms with Gasteiger partial charge in [-0.2, -0.15) is 0 Å². The standard InChI is InChI=1S/C18H46B2P2Si4.6C4H8O.2Li/c1-21(2,19)17(23(5,6)7)25(11,12)15-16-26(13,14)18(22(3,4)20)24(8,9)10;6*1-2-4-5-3-1;;/h15-16H2,1-14H3;6*1-4H2;;/q-2;;;;;;;2*+1. The Hall–Kier alpha value is 2.81. The first-order valence-electron chi connectivity index (χ1n) is 22.4. The third-order valence-electron chi connectivity index (χ3n) is 10.2. The minimum atomic E-state index is -1.47. The Balaban J connectivity index is -0.000000741. The zero-order valence-electron chi connectivity index (χ0n) is 41.9. The van der Waals surface area contributed by atoms with Gasteiger partial charge in [-0.15, -0.1) is 0 Å². The maximum Gasteiger partial charge on any atom is 1.00 e. The zero-order valence-corrected chi connectivity index (χ0v) is 47.7. The van der Waals surface area contributed by atoms with Gasteiger partial charge in [0.05, 0.1) is 0 Å². The molecule has 332 valence electrons. The monoisotopic (exact) mass is 905 g/mol. The fraction of sp³-hybridized carbons (Fsp3) is 0.952. The van der Waals surface area contributed by atoms with Crippen LogP contribution in [0.3, 0.4) is 0 Å². The minimum Gasteiger partial charge on any atom is -0.388 e. The third kappa shape index (κ3) is 34.2. The van der Waals surface area contributed by atoms with Crippen LogP contribution in [0.4, 0.5) is 0 Å². The van der Waals surface area contributed by atoms with E-state index in [4.69, 9.17) is 43.6 Å². The van der Waals surface area contributed by atoms with Gasteiger partial charge in [0.2, 0.25) is 0 Å². The summed E-state index contributed by atoms with van der Waals surface area (Å²) >= 11 is 0. The van der Waals surface area contributed by atoms with Crippen LogP contribution in [0.15, 0.2) is 0 Å². The SMILES string of the molecule is C1CCOC1.C1CCOC1.C1CCOC1.C1CCOC1.C1CCOC1.C1CCOC1.[B-][P+](C)(C)[C-]([Si](C)(C)C)[Si](C)(C)CC[Si](C)(C)[C-]([Si](C)(C)C)[P+]([B-])(C)C.[Li+].[Li+]. The fourth-order valence-electron chi connectivity index (χ4n) is 9.24. The van der Waals surface area contributed by atoms with Gasteiger partial charge in [0, 0.05) is 79.3 Å². The van der Waals surface area contributed by atoms with E-state index in [2.05, 4.69) is 92.1 Å². The molecule has 6 saturated heterocycles. The number of hydrogen-bond donors (Lipinski definition) is 0. The van der Waals surface area contributed by atoms with Crippen LogP contribution < -0.4 is 37.7 Å². The molecule has 6 aliphatic rings. The van der Waals surface area contributed by atoms with Gasteiger partial charge in [0.25, 0.3) is 0 Å². The number of ether oxygens (including phenoxy) is 6. The van der Waals surface area contributed by atoms with Gasteiger partial charge >= 0.3 is 37.7 Å². The van der Waals surface area contributed by atoms with Crippen molar-refractivity contribution in [3.8, 4) is 0 Å². The van der Waals surface area contributed by atoms with Crippen molar-refractivity contribution in [3.63, 3.8) is 0 Å². The van der Waals surface area contributed by atoms with Crippen LogP contribution >= 0.6 is 14.3 Å². The second-order valence-electron chi connectivity index (χ2n) is 20.5. The van der Waals surface area contributed by atoms with Crippen molar-refractivity contribution in [3.05, 3.63) is 9.81 Å². The van der Waals surface area contributed by atoms with Crippen molar-refractivity contribution in [1.82, 2.24) is 0 Å². The van der Waals surface area contributed by atoms with E-state index in [1.54, 1.807) is 0 Å². The van der Waals surface area contributed by atoms with E-state index >= 15 is 0 Å². The molecule has 0 aromatic heterocycles. The fourth-order valence-corrected chi connectivity index (χ4v) is 58.7. The molecule has 0 bridgehead atoms. The van der Waals surface area contributed by atoms with Crippen LogP contribution in [-0.2, 0) is 28.4 Å². The molecule has 0 N–H and O–H groups in total. The van der Waals surface area contributed by atoms with E-state index in [1.165, 1.54) is 89.1 Å². The topological polar surface area (TPSA) is 55.4 Å². The number of rotatable bonds is 9. The molecule has 0 aliphatic carbocycles. The van der Waals surface area contributed by atoms with Gasteiger partial charge in [0.15, 0.2) is 0 Å². The molecular formula is C42H94B2Li2O6P2Si4. The zero-order chi connectivity index (χ0) is 42.8. The van der Waals surface area contributed by atoms with Crippen LogP contribution in [0.2, 0.25) is 77.6 Å². The molecule has 6 fully saturated rings. The van der Waals surface area contributed by atoms with Crippen molar-refractivity contribution in [2.75, 3.05) is 106 Å². The summed E-state index contributed by atoms with van der Waals surface area (Å²) in [6, 6.07) is 2.81. The first kappa shape index (κ1) is 65.1. The molecule has 6 rings (SSSR count). The van der Waals surface area contributed by atoms with E-state index in [1.807, 2.05) is 9.81 Å². The van der Waals surface area contributed by atoms with E-state index in [0.717, 1.165) is 79.3 Å². The predicted octanol–water partition coefficient (Wildman–Crippen LogP) is 5.81. The second kappa shape index (κ2) is 35.1. The minimum absolute atomic E-state index is 0. The summed E-state index contributed by atoms with van der Waals surface area (Å²) in [6.07, 6.45) is 15.3. The summed E-state index contributed by atoms with van der Waals surface area (Å²) in [5.74, 6) is 0. The largest absolute Gasteiger partial charge is 1.00 e. The Morgan fingerprint density at radius 2 is 0.483 bits per heavy atom. The Morgan fingerprint density at radius 3 is 0.552 bits per heavy atom. The Bertz CT molecular complexity index is 738. The molecule has 0 unspecified atom stereocenters. The van der Waals surface area contributed by atoms with E-state index in [9.17, 15) is 0 Å². The van der Waals surface area contributed by atoms with Crippen LogP contribution in [0.25, 0.3) is 0 Å². The molecule has 0 spiro atoms.